The number of nitrogens with one attached hydrogen (secondary N) is 1. The lowest BCUT2D eigenvalue weighted by Crippen LogP contribution is -2.52. The summed E-state index contributed by atoms with van der Waals surface area (Å²) in [6.07, 6.45) is 2.58. The van der Waals surface area contributed by atoms with Crippen LogP contribution in [-0.4, -0.2) is 34.9 Å². The molecule has 6 nitrogen and oxygen atoms in total. The molecule has 2 rings (SSSR count). The molecule has 0 spiro atoms. The van der Waals surface area contributed by atoms with Gasteiger partial charge in [-0.2, -0.15) is 5.10 Å². The minimum Gasteiger partial charge on any atom is -0.497 e. The second-order valence-corrected chi connectivity index (χ2v) is 6.66. The van der Waals surface area contributed by atoms with Crippen molar-refractivity contribution in [2.45, 2.75) is 32.7 Å². The van der Waals surface area contributed by atoms with Crippen LogP contribution in [0.25, 0.3) is 5.69 Å². The highest BCUT2D eigenvalue weighted by Crippen LogP contribution is 2.17. The average Bonchev–Trinajstić information content (AvgIpc) is 3.04. The molecule has 0 saturated heterocycles. The van der Waals surface area contributed by atoms with E-state index in [9.17, 15) is 4.79 Å². The maximum absolute atomic E-state index is 12.5. The molecule has 0 aliphatic carbocycles. The topological polar surface area (TPSA) is 82.2 Å². The first-order chi connectivity index (χ1) is 11.4. The molecular weight excluding hydrogens is 340 g/mol. The van der Waals surface area contributed by atoms with Crippen LogP contribution in [-0.2, 0) is 0 Å². The summed E-state index contributed by atoms with van der Waals surface area (Å²) >= 11 is 0. The number of hydrogen-bond acceptors (Lipinski definition) is 4. The van der Waals surface area contributed by atoms with Crippen molar-refractivity contribution in [1.29, 1.82) is 0 Å². The summed E-state index contributed by atoms with van der Waals surface area (Å²) < 4.78 is 6.80. The van der Waals surface area contributed by atoms with Gasteiger partial charge in [-0.05, 0) is 49.6 Å². The van der Waals surface area contributed by atoms with Crippen LogP contribution in [0.2, 0.25) is 0 Å². The van der Waals surface area contributed by atoms with E-state index in [0.717, 1.165) is 17.9 Å². The van der Waals surface area contributed by atoms with Crippen LogP contribution in [0.4, 0.5) is 0 Å². The third-order valence-electron chi connectivity index (χ3n) is 3.88. The quantitative estimate of drug-likeness (QED) is 0.789. The van der Waals surface area contributed by atoms with E-state index >= 15 is 0 Å². The highest BCUT2D eigenvalue weighted by atomic mass is 35.5. The van der Waals surface area contributed by atoms with E-state index in [2.05, 4.69) is 24.3 Å². The Labute approximate surface area is 155 Å². The maximum Gasteiger partial charge on any atom is 0.272 e. The lowest BCUT2D eigenvalue weighted by atomic mass is 9.90. The van der Waals surface area contributed by atoms with Crippen LogP contribution in [0, 0.1) is 5.92 Å². The van der Waals surface area contributed by atoms with Crippen LogP contribution >= 0.6 is 12.4 Å². The van der Waals surface area contributed by atoms with Crippen LogP contribution in [0.1, 0.15) is 37.7 Å². The SMILES string of the molecule is COc1ccc(-n2ccc(C(=O)NC(C)(CN)CC(C)C)n2)cc1.Cl. The zero-order valence-corrected chi connectivity index (χ0v) is 16.0. The van der Waals surface area contributed by atoms with E-state index in [-0.39, 0.29) is 18.3 Å². The molecule has 1 aromatic carbocycles. The highest BCUT2D eigenvalue weighted by Gasteiger charge is 2.27. The minimum absolute atomic E-state index is 0. The molecule has 1 unspecified atom stereocenters. The van der Waals surface area contributed by atoms with E-state index in [0.29, 0.717) is 18.2 Å². The number of halogens is 1. The van der Waals surface area contributed by atoms with Crippen LogP contribution in [0.15, 0.2) is 36.5 Å². The molecule has 1 aromatic heterocycles. The molecule has 0 bridgehead atoms. The second-order valence-electron chi connectivity index (χ2n) is 6.66. The van der Waals surface area contributed by atoms with Crippen LogP contribution < -0.4 is 15.8 Å². The average molecular weight is 367 g/mol. The standard InChI is InChI=1S/C18H26N4O2.ClH/c1-13(2)11-18(3,12-19)20-17(23)16-9-10-22(21-16)14-5-7-15(24-4)8-6-14;/h5-10,13H,11-12,19H2,1-4H3,(H,20,23);1H. The number of nitrogens with two attached hydrogens (primary N) is 1. The molecule has 1 atom stereocenters. The predicted octanol–water partition coefficient (Wildman–Crippen LogP) is 2.80. The minimum atomic E-state index is -0.435. The molecule has 3 N–H and O–H groups in total. The molecule has 25 heavy (non-hydrogen) atoms. The first-order valence-corrected chi connectivity index (χ1v) is 8.09. The number of methoxy groups -OCH3 is 1. The van der Waals surface area contributed by atoms with Gasteiger partial charge in [-0.1, -0.05) is 13.8 Å². The molecule has 1 heterocycles. The third kappa shape index (κ3) is 5.47. The van der Waals surface area contributed by atoms with E-state index < -0.39 is 5.54 Å². The smallest absolute Gasteiger partial charge is 0.272 e. The summed E-state index contributed by atoms with van der Waals surface area (Å²) in [5, 5.41) is 7.37. The zero-order chi connectivity index (χ0) is 17.7. The van der Waals surface area contributed by atoms with Crippen molar-refractivity contribution in [3.8, 4) is 11.4 Å². The fourth-order valence-electron chi connectivity index (χ4n) is 2.75. The Morgan fingerprint density at radius 3 is 2.48 bits per heavy atom. The van der Waals surface area contributed by atoms with E-state index in [1.165, 1.54) is 0 Å². The summed E-state index contributed by atoms with van der Waals surface area (Å²) in [6, 6.07) is 9.17. The van der Waals surface area contributed by atoms with Gasteiger partial charge in [0, 0.05) is 12.7 Å². The van der Waals surface area contributed by atoms with Crippen molar-refractivity contribution in [3.05, 3.63) is 42.2 Å². The number of hydrogen-bond donors (Lipinski definition) is 2. The molecular formula is C18H27ClN4O2. The maximum atomic E-state index is 12.5. The lowest BCUT2D eigenvalue weighted by Gasteiger charge is -2.30. The molecule has 0 radical (unpaired) electrons. The number of aromatic nitrogens is 2. The molecule has 0 aliphatic rings. The van der Waals surface area contributed by atoms with E-state index in [1.807, 2.05) is 31.2 Å². The Hall–Kier alpha value is -2.05. The first-order valence-electron chi connectivity index (χ1n) is 8.09. The van der Waals surface area contributed by atoms with E-state index in [4.69, 9.17) is 10.5 Å². The van der Waals surface area contributed by atoms with Gasteiger partial charge in [0.25, 0.3) is 5.91 Å². The van der Waals surface area contributed by atoms with Crippen LogP contribution in [0.5, 0.6) is 5.75 Å². The van der Waals surface area contributed by atoms with Crippen molar-refractivity contribution in [1.82, 2.24) is 15.1 Å². The van der Waals surface area contributed by atoms with Crippen molar-refractivity contribution >= 4 is 18.3 Å². The Balaban J connectivity index is 0.00000312. The summed E-state index contributed by atoms with van der Waals surface area (Å²) in [4.78, 5) is 12.5. The normalized spacial score (nSPS) is 13.0. The van der Waals surface area contributed by atoms with E-state index in [1.54, 1.807) is 24.1 Å². The zero-order valence-electron chi connectivity index (χ0n) is 15.2. The second kappa shape index (κ2) is 8.87. The number of amides is 1. The fraction of sp³-hybridized carbons (Fsp3) is 0.444. The molecule has 1 amide bonds. The number of benzene rings is 1. The van der Waals surface area contributed by atoms with Gasteiger partial charge in [-0.3, -0.25) is 4.79 Å². The summed E-state index contributed by atoms with van der Waals surface area (Å²) in [5.74, 6) is 1.00. The number of ether oxygens (including phenoxy) is 1. The summed E-state index contributed by atoms with van der Waals surface area (Å²) in [5.41, 5.74) is 6.65. The van der Waals surface area contributed by atoms with Crippen molar-refractivity contribution < 1.29 is 9.53 Å². The largest absolute Gasteiger partial charge is 0.497 e. The third-order valence-corrected chi connectivity index (χ3v) is 3.88. The number of carbonyl (C=O) groups excluding carboxylic acids is 1. The molecule has 0 fully saturated rings. The lowest BCUT2D eigenvalue weighted by molar-refractivity contribution is 0.0892. The van der Waals surface area contributed by atoms with Gasteiger partial charge in [-0.25, -0.2) is 4.68 Å². The van der Waals surface area contributed by atoms with Gasteiger partial charge >= 0.3 is 0 Å². The molecule has 0 saturated carbocycles. The Kier molecular flexibility index (Phi) is 7.45. The molecule has 2 aromatic rings. The Bertz CT molecular complexity index is 685. The van der Waals surface area contributed by atoms with Crippen LogP contribution in [0.3, 0.4) is 0 Å². The number of carbonyl (C=O) groups is 1. The number of rotatable bonds is 7. The fourth-order valence-corrected chi connectivity index (χ4v) is 2.75. The van der Waals surface area contributed by atoms with Crippen molar-refractivity contribution in [2.24, 2.45) is 11.7 Å². The first kappa shape index (κ1) is 21.0. The predicted molar refractivity (Wildman–Crippen MR) is 102 cm³/mol. The highest BCUT2D eigenvalue weighted by molar-refractivity contribution is 5.92. The Morgan fingerprint density at radius 1 is 1.32 bits per heavy atom. The van der Waals surface area contributed by atoms with Crippen molar-refractivity contribution in [3.63, 3.8) is 0 Å². The summed E-state index contributed by atoms with van der Waals surface area (Å²) in [6.45, 7) is 6.57. The molecule has 7 heteroatoms. The van der Waals surface area contributed by atoms with Gasteiger partial charge in [0.05, 0.1) is 18.3 Å². The van der Waals surface area contributed by atoms with Crippen molar-refractivity contribution in [2.75, 3.05) is 13.7 Å². The van der Waals surface area contributed by atoms with Gasteiger partial charge in [0.1, 0.15) is 5.75 Å². The monoisotopic (exact) mass is 366 g/mol. The molecule has 138 valence electrons. The molecule has 0 aliphatic heterocycles. The van der Waals surface area contributed by atoms with Gasteiger partial charge < -0.3 is 15.8 Å². The van der Waals surface area contributed by atoms with Gasteiger partial charge in [-0.15, -0.1) is 12.4 Å². The Morgan fingerprint density at radius 2 is 1.96 bits per heavy atom. The van der Waals surface area contributed by atoms with Gasteiger partial charge in [0.15, 0.2) is 5.69 Å². The summed E-state index contributed by atoms with van der Waals surface area (Å²) in [7, 11) is 1.62. The number of nitrogens with zero attached hydrogens (tertiary/aromatic N) is 2. The van der Waals surface area contributed by atoms with Gasteiger partial charge in [0.2, 0.25) is 0 Å².